The van der Waals surface area contributed by atoms with Crippen LogP contribution in [-0.2, 0) is 4.79 Å². The van der Waals surface area contributed by atoms with E-state index in [1.165, 1.54) is 17.0 Å². The van der Waals surface area contributed by atoms with Crippen molar-refractivity contribution >= 4 is 29.0 Å². The molecule has 5 nitrogen and oxygen atoms in total. The second-order valence-corrected chi connectivity index (χ2v) is 6.68. The fourth-order valence-corrected chi connectivity index (χ4v) is 3.34. The van der Waals surface area contributed by atoms with Crippen molar-refractivity contribution in [1.29, 1.82) is 0 Å². The van der Waals surface area contributed by atoms with Gasteiger partial charge in [0.15, 0.2) is 0 Å². The minimum absolute atomic E-state index is 0.0648. The molecule has 1 saturated heterocycles. The molecule has 1 amide bonds. The normalized spacial score (nSPS) is 17.4. The third-order valence-electron chi connectivity index (χ3n) is 4.10. The lowest BCUT2D eigenvalue weighted by molar-refractivity contribution is -0.116. The van der Waals surface area contributed by atoms with Gasteiger partial charge in [0.2, 0.25) is 5.91 Å². The van der Waals surface area contributed by atoms with Gasteiger partial charge in [-0.05, 0) is 30.5 Å². The highest BCUT2D eigenvalue weighted by Crippen LogP contribution is 2.26. The van der Waals surface area contributed by atoms with E-state index in [0.29, 0.717) is 12.5 Å². The zero-order valence-electron chi connectivity index (χ0n) is 13.6. The Bertz CT molecular complexity index is 700. The molecule has 1 aromatic heterocycles. The Balaban J connectivity index is 1.46. The van der Waals surface area contributed by atoms with Gasteiger partial charge in [-0.15, -0.1) is 11.3 Å². The number of amides is 1. The second-order valence-electron chi connectivity index (χ2n) is 5.75. The lowest BCUT2D eigenvalue weighted by Crippen LogP contribution is -2.29. The molecule has 2 aromatic rings. The number of rotatable bonds is 6. The molecule has 0 spiro atoms. The molecule has 0 bridgehead atoms. The zero-order chi connectivity index (χ0) is 16.8. The minimum atomic E-state index is -0.0648. The van der Waals surface area contributed by atoms with Crippen molar-refractivity contribution < 1.29 is 9.53 Å². The molecule has 1 N–H and O–H groups in total. The summed E-state index contributed by atoms with van der Waals surface area (Å²) in [4.78, 5) is 18.3. The molecule has 1 aliphatic heterocycles. The van der Waals surface area contributed by atoms with Crippen molar-refractivity contribution in [3.05, 3.63) is 46.9 Å². The third-order valence-corrected chi connectivity index (χ3v) is 4.84. The molecule has 2 heterocycles. The number of benzene rings is 1. The molecule has 1 aliphatic rings. The van der Waals surface area contributed by atoms with Crippen LogP contribution in [0.25, 0.3) is 6.08 Å². The van der Waals surface area contributed by atoms with Crippen LogP contribution in [0.1, 0.15) is 11.4 Å². The maximum atomic E-state index is 11.9. The second kappa shape index (κ2) is 7.97. The van der Waals surface area contributed by atoms with E-state index in [2.05, 4.69) is 27.3 Å². The smallest absolute Gasteiger partial charge is 0.244 e. The van der Waals surface area contributed by atoms with Crippen molar-refractivity contribution in [1.82, 2.24) is 10.3 Å². The molecule has 1 aromatic carbocycles. The van der Waals surface area contributed by atoms with Crippen LogP contribution in [0.3, 0.4) is 0 Å². The highest BCUT2D eigenvalue weighted by Gasteiger charge is 2.23. The van der Waals surface area contributed by atoms with Crippen LogP contribution < -0.4 is 15.0 Å². The van der Waals surface area contributed by atoms with E-state index in [1.54, 1.807) is 25.5 Å². The molecule has 24 heavy (non-hydrogen) atoms. The quantitative estimate of drug-likeness (QED) is 0.820. The average molecular weight is 343 g/mol. The number of hydrogen-bond acceptors (Lipinski definition) is 5. The number of thiazole rings is 1. The fraction of sp³-hybridized carbons (Fsp3) is 0.333. The maximum Gasteiger partial charge on any atom is 0.244 e. The predicted molar refractivity (Wildman–Crippen MR) is 97.5 cm³/mol. The number of aromatic nitrogens is 1. The van der Waals surface area contributed by atoms with Gasteiger partial charge in [-0.2, -0.15) is 0 Å². The Kier molecular flexibility index (Phi) is 5.48. The van der Waals surface area contributed by atoms with E-state index >= 15 is 0 Å². The Labute approximate surface area is 146 Å². The number of hydrogen-bond donors (Lipinski definition) is 1. The summed E-state index contributed by atoms with van der Waals surface area (Å²) in [5.41, 5.74) is 1.17. The monoisotopic (exact) mass is 343 g/mol. The van der Waals surface area contributed by atoms with Crippen molar-refractivity contribution in [2.24, 2.45) is 5.92 Å². The summed E-state index contributed by atoms with van der Waals surface area (Å²) in [7, 11) is 1.68. The van der Waals surface area contributed by atoms with Gasteiger partial charge < -0.3 is 15.0 Å². The van der Waals surface area contributed by atoms with Gasteiger partial charge in [-0.25, -0.2) is 4.98 Å². The topological polar surface area (TPSA) is 54.5 Å². The Morgan fingerprint density at radius 2 is 2.46 bits per heavy atom. The molecule has 6 heteroatoms. The molecule has 1 atom stereocenters. The molecule has 0 radical (unpaired) electrons. The summed E-state index contributed by atoms with van der Waals surface area (Å²) in [5, 5.41) is 5.72. The highest BCUT2D eigenvalue weighted by molar-refractivity contribution is 7.10. The predicted octanol–water partition coefficient (Wildman–Crippen LogP) is 2.81. The summed E-state index contributed by atoms with van der Waals surface area (Å²) in [6.45, 7) is 2.65. The van der Waals surface area contributed by atoms with Crippen molar-refractivity contribution in [3.8, 4) is 5.75 Å². The Morgan fingerprint density at radius 3 is 3.25 bits per heavy atom. The molecule has 0 unspecified atom stereocenters. The van der Waals surface area contributed by atoms with E-state index in [-0.39, 0.29) is 5.91 Å². The van der Waals surface area contributed by atoms with Crippen LogP contribution in [0.5, 0.6) is 5.75 Å². The van der Waals surface area contributed by atoms with Gasteiger partial charge in [-0.3, -0.25) is 4.79 Å². The van der Waals surface area contributed by atoms with E-state index in [1.807, 2.05) is 17.5 Å². The van der Waals surface area contributed by atoms with Crippen molar-refractivity contribution in [3.63, 3.8) is 0 Å². The lowest BCUT2D eigenvalue weighted by atomic mass is 10.1. The number of methoxy groups -OCH3 is 1. The Hall–Kier alpha value is -2.34. The first-order chi connectivity index (χ1) is 11.7. The zero-order valence-corrected chi connectivity index (χ0v) is 14.5. The molecule has 0 aliphatic carbocycles. The van der Waals surface area contributed by atoms with Crippen LogP contribution in [0.4, 0.5) is 5.69 Å². The fourth-order valence-electron chi connectivity index (χ4n) is 2.81. The summed E-state index contributed by atoms with van der Waals surface area (Å²) >= 11 is 1.51. The van der Waals surface area contributed by atoms with Gasteiger partial charge in [0.05, 0.1) is 7.11 Å². The highest BCUT2D eigenvalue weighted by atomic mass is 32.1. The van der Waals surface area contributed by atoms with Gasteiger partial charge in [0.1, 0.15) is 10.8 Å². The molecule has 126 valence electrons. The number of anilines is 1. The third kappa shape index (κ3) is 4.35. The molecular weight excluding hydrogens is 322 g/mol. The minimum Gasteiger partial charge on any atom is -0.497 e. The van der Waals surface area contributed by atoms with Crippen LogP contribution in [0, 0.1) is 5.92 Å². The first-order valence-electron chi connectivity index (χ1n) is 7.99. The number of nitrogens with zero attached hydrogens (tertiary/aromatic N) is 2. The summed E-state index contributed by atoms with van der Waals surface area (Å²) in [6.07, 6.45) is 6.10. The van der Waals surface area contributed by atoms with Gasteiger partial charge in [0, 0.05) is 49.0 Å². The van der Waals surface area contributed by atoms with Crippen LogP contribution in [0.2, 0.25) is 0 Å². The standard InChI is InChI=1S/C18H21N3O2S/c1-23-16-4-2-3-15(11-16)21-9-7-14(13-21)12-20-17(22)5-6-18-19-8-10-24-18/h2-6,8,10-11,14H,7,9,12-13H2,1H3,(H,20,22)/b6-5-/t14-/m0/s1. The lowest BCUT2D eigenvalue weighted by Gasteiger charge is -2.19. The van der Waals surface area contributed by atoms with Gasteiger partial charge in [-0.1, -0.05) is 6.07 Å². The first-order valence-corrected chi connectivity index (χ1v) is 8.87. The van der Waals surface area contributed by atoms with E-state index in [0.717, 1.165) is 30.3 Å². The Morgan fingerprint density at radius 1 is 1.54 bits per heavy atom. The molecule has 0 saturated carbocycles. The maximum absolute atomic E-state index is 11.9. The molecule has 1 fully saturated rings. The van der Waals surface area contributed by atoms with Gasteiger partial charge >= 0.3 is 0 Å². The van der Waals surface area contributed by atoms with Crippen LogP contribution in [-0.4, -0.2) is 37.6 Å². The summed E-state index contributed by atoms with van der Waals surface area (Å²) in [6, 6.07) is 8.11. The van der Waals surface area contributed by atoms with Crippen molar-refractivity contribution in [2.45, 2.75) is 6.42 Å². The van der Waals surface area contributed by atoms with E-state index in [9.17, 15) is 4.79 Å². The van der Waals surface area contributed by atoms with Crippen LogP contribution >= 0.6 is 11.3 Å². The largest absolute Gasteiger partial charge is 0.497 e. The number of nitrogens with one attached hydrogen (secondary N) is 1. The number of ether oxygens (including phenoxy) is 1. The number of carbonyl (C=O) groups is 1. The van der Waals surface area contributed by atoms with E-state index < -0.39 is 0 Å². The average Bonchev–Trinajstić information content (AvgIpc) is 3.30. The number of carbonyl (C=O) groups excluding carboxylic acids is 1. The molecule has 3 rings (SSSR count). The summed E-state index contributed by atoms with van der Waals surface area (Å²) in [5.74, 6) is 1.27. The first kappa shape index (κ1) is 16.5. The van der Waals surface area contributed by atoms with Crippen LogP contribution in [0.15, 0.2) is 41.9 Å². The summed E-state index contributed by atoms with van der Waals surface area (Å²) < 4.78 is 5.28. The SMILES string of the molecule is COc1cccc(N2CC[C@@H](CNC(=O)/C=C\c3nccs3)C2)c1. The molecular formula is C18H21N3O2S. The van der Waals surface area contributed by atoms with Crippen molar-refractivity contribution in [2.75, 3.05) is 31.6 Å². The van der Waals surface area contributed by atoms with Gasteiger partial charge in [0.25, 0.3) is 0 Å². The van der Waals surface area contributed by atoms with E-state index in [4.69, 9.17) is 4.74 Å².